The molecule has 17 heavy (non-hydrogen) atoms. The summed E-state index contributed by atoms with van der Waals surface area (Å²) in [5.41, 5.74) is -0.221. The van der Waals surface area contributed by atoms with E-state index in [1.54, 1.807) is 0 Å². The molecule has 0 aliphatic heterocycles. The molecule has 0 fully saturated rings. The van der Waals surface area contributed by atoms with Gasteiger partial charge in [-0.3, -0.25) is 9.59 Å². The van der Waals surface area contributed by atoms with Crippen molar-refractivity contribution in [1.82, 2.24) is 9.88 Å². The van der Waals surface area contributed by atoms with Gasteiger partial charge in [-0.2, -0.15) is 0 Å². The van der Waals surface area contributed by atoms with E-state index >= 15 is 0 Å². The number of carbonyl (C=O) groups is 1. The van der Waals surface area contributed by atoms with Crippen LogP contribution in [0.5, 0.6) is 0 Å². The number of hydrogen-bond acceptors (Lipinski definition) is 4. The molecule has 0 saturated heterocycles. The Morgan fingerprint density at radius 3 is 2.59 bits per heavy atom. The summed E-state index contributed by atoms with van der Waals surface area (Å²) < 4.78 is 21.9. The Hall–Kier alpha value is -1.63. The third kappa shape index (κ3) is 4.39. The maximum atomic E-state index is 11.8. The van der Waals surface area contributed by atoms with Crippen LogP contribution in [0.4, 0.5) is 0 Å². The van der Waals surface area contributed by atoms with Crippen LogP contribution in [-0.4, -0.2) is 49.8 Å². The van der Waals surface area contributed by atoms with E-state index in [1.807, 2.05) is 0 Å². The van der Waals surface area contributed by atoms with Crippen molar-refractivity contribution in [1.29, 1.82) is 0 Å². The number of sulfone groups is 1. The summed E-state index contributed by atoms with van der Waals surface area (Å²) in [6.45, 7) is 0.0919. The molecule has 0 unspecified atom stereocenters. The van der Waals surface area contributed by atoms with Gasteiger partial charge in [0.25, 0.3) is 5.91 Å². The predicted molar refractivity (Wildman–Crippen MR) is 63.7 cm³/mol. The molecule has 0 aromatic carbocycles. The molecule has 94 valence electrons. The smallest absolute Gasteiger partial charge is 0.270 e. The zero-order valence-electron chi connectivity index (χ0n) is 9.63. The van der Waals surface area contributed by atoms with E-state index in [0.29, 0.717) is 0 Å². The van der Waals surface area contributed by atoms with Gasteiger partial charge in [0.05, 0.1) is 5.75 Å². The van der Waals surface area contributed by atoms with Crippen LogP contribution in [0.15, 0.2) is 23.0 Å². The molecule has 0 aliphatic rings. The largest absolute Gasteiger partial charge is 0.339 e. The number of H-pyrrole nitrogens is 1. The monoisotopic (exact) mass is 258 g/mol. The number of aromatic nitrogens is 1. The maximum Gasteiger partial charge on any atom is 0.270 e. The fourth-order valence-corrected chi connectivity index (χ4v) is 1.79. The fraction of sp³-hybridized carbons (Fsp3) is 0.400. The lowest BCUT2D eigenvalue weighted by atomic mass is 10.3. The molecule has 1 aromatic heterocycles. The van der Waals surface area contributed by atoms with Crippen molar-refractivity contribution >= 4 is 15.7 Å². The number of nitrogens with zero attached hydrogens (tertiary/aromatic N) is 1. The van der Waals surface area contributed by atoms with E-state index < -0.39 is 15.7 Å². The molecule has 0 aliphatic carbocycles. The van der Waals surface area contributed by atoms with E-state index in [1.165, 1.54) is 30.1 Å². The van der Waals surface area contributed by atoms with E-state index in [4.69, 9.17) is 0 Å². The Bertz CT molecular complexity index is 562. The Labute approximate surface area is 99.2 Å². The third-order valence-corrected chi connectivity index (χ3v) is 3.07. The maximum absolute atomic E-state index is 11.8. The zero-order chi connectivity index (χ0) is 13.1. The third-order valence-electron chi connectivity index (χ3n) is 2.14. The highest BCUT2D eigenvalue weighted by Gasteiger charge is 2.14. The number of rotatable bonds is 4. The first-order valence-electron chi connectivity index (χ1n) is 4.92. The lowest BCUT2D eigenvalue weighted by molar-refractivity contribution is 0.0797. The number of amides is 1. The first kappa shape index (κ1) is 13.4. The quantitative estimate of drug-likeness (QED) is 0.788. The van der Waals surface area contributed by atoms with Gasteiger partial charge in [0.2, 0.25) is 5.56 Å². The van der Waals surface area contributed by atoms with E-state index in [2.05, 4.69) is 4.98 Å². The molecule has 7 heteroatoms. The van der Waals surface area contributed by atoms with Crippen molar-refractivity contribution in [3.63, 3.8) is 0 Å². The molecule has 0 spiro atoms. The highest BCUT2D eigenvalue weighted by Crippen LogP contribution is 1.98. The van der Waals surface area contributed by atoms with Crippen LogP contribution in [0.25, 0.3) is 0 Å². The topological polar surface area (TPSA) is 87.3 Å². The summed E-state index contributed by atoms with van der Waals surface area (Å²) in [6, 6.07) is 4.24. The summed E-state index contributed by atoms with van der Waals surface area (Å²) in [5.74, 6) is -0.516. The van der Waals surface area contributed by atoms with Crippen molar-refractivity contribution in [2.45, 2.75) is 0 Å². The fourth-order valence-electron chi connectivity index (χ4n) is 1.18. The predicted octanol–water partition coefficient (Wildman–Crippen LogP) is -0.509. The van der Waals surface area contributed by atoms with Gasteiger partial charge in [-0.25, -0.2) is 8.42 Å². The van der Waals surface area contributed by atoms with E-state index in [0.717, 1.165) is 6.26 Å². The van der Waals surface area contributed by atoms with Gasteiger partial charge in [-0.05, 0) is 6.07 Å². The van der Waals surface area contributed by atoms with Gasteiger partial charge in [-0.1, -0.05) is 6.07 Å². The SMILES string of the molecule is CN(CCS(C)(=O)=O)C(=O)c1cccc(=O)[nH]1. The number of pyridine rings is 1. The van der Waals surface area contributed by atoms with Crippen LogP contribution in [0.3, 0.4) is 0 Å². The summed E-state index contributed by atoms with van der Waals surface area (Å²) >= 11 is 0. The molecule has 1 heterocycles. The molecular weight excluding hydrogens is 244 g/mol. The van der Waals surface area contributed by atoms with Crippen molar-refractivity contribution in [3.05, 3.63) is 34.2 Å². The zero-order valence-corrected chi connectivity index (χ0v) is 10.5. The van der Waals surface area contributed by atoms with Crippen LogP contribution < -0.4 is 5.56 Å². The average molecular weight is 258 g/mol. The van der Waals surface area contributed by atoms with Crippen molar-refractivity contribution in [2.24, 2.45) is 0 Å². The average Bonchev–Trinajstić information content (AvgIpc) is 2.24. The van der Waals surface area contributed by atoms with Gasteiger partial charge in [0.15, 0.2) is 0 Å². The summed E-state index contributed by atoms with van der Waals surface area (Å²) in [5, 5.41) is 0. The van der Waals surface area contributed by atoms with E-state index in [9.17, 15) is 18.0 Å². The molecule has 6 nitrogen and oxygen atoms in total. The Balaban J connectivity index is 2.74. The first-order chi connectivity index (χ1) is 7.79. The molecule has 1 amide bonds. The van der Waals surface area contributed by atoms with Crippen LogP contribution >= 0.6 is 0 Å². The minimum atomic E-state index is -3.11. The van der Waals surface area contributed by atoms with Crippen LogP contribution in [0.1, 0.15) is 10.5 Å². The van der Waals surface area contributed by atoms with Crippen molar-refractivity contribution < 1.29 is 13.2 Å². The van der Waals surface area contributed by atoms with Gasteiger partial charge in [0, 0.05) is 25.9 Å². The lowest BCUT2D eigenvalue weighted by Crippen LogP contribution is -2.32. The lowest BCUT2D eigenvalue weighted by Gasteiger charge is -2.16. The van der Waals surface area contributed by atoms with Crippen LogP contribution in [0.2, 0.25) is 0 Å². The Kier molecular flexibility index (Phi) is 4.06. The normalized spacial score (nSPS) is 11.2. The van der Waals surface area contributed by atoms with Crippen molar-refractivity contribution in [3.8, 4) is 0 Å². The Morgan fingerprint density at radius 1 is 1.41 bits per heavy atom. The van der Waals surface area contributed by atoms with Crippen LogP contribution in [-0.2, 0) is 9.84 Å². The number of carbonyl (C=O) groups excluding carboxylic acids is 1. The molecule has 0 atom stereocenters. The second kappa shape index (κ2) is 5.13. The minimum Gasteiger partial charge on any atom is -0.339 e. The molecular formula is C10H14N2O4S. The number of nitrogens with one attached hydrogen (secondary N) is 1. The minimum absolute atomic E-state index is 0.0919. The number of hydrogen-bond donors (Lipinski definition) is 1. The highest BCUT2D eigenvalue weighted by molar-refractivity contribution is 7.90. The van der Waals surface area contributed by atoms with Gasteiger partial charge in [-0.15, -0.1) is 0 Å². The summed E-state index contributed by atoms with van der Waals surface area (Å²) in [6.07, 6.45) is 1.11. The molecule has 1 aromatic rings. The van der Waals surface area contributed by atoms with E-state index in [-0.39, 0.29) is 23.6 Å². The standard InChI is InChI=1S/C10H14N2O4S/c1-12(6-7-17(2,15)16)10(14)8-4-3-5-9(13)11-8/h3-5H,6-7H2,1-2H3,(H,11,13). The van der Waals surface area contributed by atoms with Gasteiger partial charge < -0.3 is 9.88 Å². The summed E-state index contributed by atoms with van der Waals surface area (Å²) in [7, 11) is -1.62. The molecule has 1 N–H and O–H groups in total. The molecule has 0 radical (unpaired) electrons. The molecule has 1 rings (SSSR count). The second-order valence-electron chi connectivity index (χ2n) is 3.79. The Morgan fingerprint density at radius 2 is 2.06 bits per heavy atom. The van der Waals surface area contributed by atoms with Gasteiger partial charge in [0.1, 0.15) is 15.5 Å². The molecule has 0 saturated carbocycles. The van der Waals surface area contributed by atoms with Crippen LogP contribution in [0, 0.1) is 0 Å². The first-order valence-corrected chi connectivity index (χ1v) is 6.98. The highest BCUT2D eigenvalue weighted by atomic mass is 32.2. The number of aromatic amines is 1. The summed E-state index contributed by atoms with van der Waals surface area (Å²) in [4.78, 5) is 26.4. The van der Waals surface area contributed by atoms with Crippen molar-refractivity contribution in [2.75, 3.05) is 25.6 Å². The van der Waals surface area contributed by atoms with Gasteiger partial charge >= 0.3 is 0 Å². The second-order valence-corrected chi connectivity index (χ2v) is 6.05. The molecule has 0 bridgehead atoms.